The van der Waals surface area contributed by atoms with Gasteiger partial charge in [-0.2, -0.15) is 0 Å². The van der Waals surface area contributed by atoms with Crippen LogP contribution < -0.4 is 10.9 Å². The van der Waals surface area contributed by atoms with Crippen molar-refractivity contribution in [3.05, 3.63) is 99.8 Å². The van der Waals surface area contributed by atoms with Crippen LogP contribution >= 0.6 is 11.6 Å². The molecule has 0 saturated carbocycles. The second-order valence-corrected chi connectivity index (χ2v) is 8.70. The normalized spacial score (nSPS) is 13.0. The predicted molar refractivity (Wildman–Crippen MR) is 133 cm³/mol. The molecule has 11 heteroatoms. The number of carbonyl (C=O) groups excluding carboxylic acids is 1. The Morgan fingerprint density at radius 2 is 1.92 bits per heavy atom. The van der Waals surface area contributed by atoms with Gasteiger partial charge < -0.3 is 19.5 Å². The fourth-order valence-corrected chi connectivity index (χ4v) is 4.59. The van der Waals surface area contributed by atoms with Gasteiger partial charge in [-0.15, -0.1) is 0 Å². The molecule has 0 aliphatic carbocycles. The smallest absolute Gasteiger partial charge is 0.296 e. The van der Waals surface area contributed by atoms with Crippen LogP contribution in [0.4, 0.5) is 5.69 Å². The van der Waals surface area contributed by atoms with Crippen molar-refractivity contribution in [2.75, 3.05) is 5.32 Å². The lowest BCUT2D eigenvalue weighted by molar-refractivity contribution is 0.101. The summed E-state index contributed by atoms with van der Waals surface area (Å²) < 4.78 is 7.92. The van der Waals surface area contributed by atoms with Crippen LogP contribution in [0.1, 0.15) is 40.8 Å². The molecule has 2 N–H and O–H groups in total. The average molecular weight is 505 g/mol. The van der Waals surface area contributed by atoms with Crippen LogP contribution in [0.25, 0.3) is 11.0 Å². The van der Waals surface area contributed by atoms with Gasteiger partial charge in [0.1, 0.15) is 17.8 Å². The number of nitrogens with zero attached hydrogens (tertiary/aromatic N) is 5. The second kappa shape index (κ2) is 9.31. The topological polar surface area (TPSA) is 128 Å². The first kappa shape index (κ1) is 23.3. The zero-order valence-corrected chi connectivity index (χ0v) is 20.0. The molecule has 0 aliphatic heterocycles. The third kappa shape index (κ3) is 4.01. The Kier molecular flexibility index (Phi) is 6.03. The minimum Gasteiger partial charge on any atom is -0.501 e. The van der Waals surface area contributed by atoms with E-state index >= 15 is 0 Å². The van der Waals surface area contributed by atoms with Crippen molar-refractivity contribution in [2.24, 2.45) is 7.05 Å². The zero-order chi connectivity index (χ0) is 25.4. The Morgan fingerprint density at radius 1 is 1.17 bits per heavy atom. The van der Waals surface area contributed by atoms with E-state index in [1.165, 1.54) is 24.1 Å². The molecule has 10 nitrogen and oxygen atoms in total. The molecular formula is C25H21ClN6O4. The summed E-state index contributed by atoms with van der Waals surface area (Å²) in [4.78, 5) is 34.8. The van der Waals surface area contributed by atoms with Gasteiger partial charge in [0.25, 0.3) is 11.5 Å². The number of fused-ring (bicyclic) bond motifs is 1. The number of benzene rings is 2. The summed E-state index contributed by atoms with van der Waals surface area (Å²) in [5.74, 6) is -1.74. The van der Waals surface area contributed by atoms with Crippen LogP contribution in [0.3, 0.4) is 0 Å². The van der Waals surface area contributed by atoms with Crippen molar-refractivity contribution in [2.45, 2.75) is 18.9 Å². The van der Waals surface area contributed by atoms with Crippen LogP contribution in [0.15, 0.2) is 76.6 Å². The van der Waals surface area contributed by atoms with Gasteiger partial charge in [-0.05, 0) is 23.8 Å². The van der Waals surface area contributed by atoms with Crippen molar-refractivity contribution >= 4 is 34.2 Å². The molecule has 3 heterocycles. The van der Waals surface area contributed by atoms with E-state index in [1.54, 1.807) is 12.4 Å². The maximum Gasteiger partial charge on any atom is 0.296 e. The number of nitrogens with one attached hydrogen (secondary N) is 1. The Bertz CT molecular complexity index is 1630. The molecule has 0 saturated heterocycles. The minimum atomic E-state index is -0.774. The highest BCUT2D eigenvalue weighted by molar-refractivity contribution is 6.31. The molecule has 0 fully saturated rings. The van der Waals surface area contributed by atoms with E-state index in [0.717, 1.165) is 16.6 Å². The van der Waals surface area contributed by atoms with Gasteiger partial charge in [-0.25, -0.2) is 9.97 Å². The maximum absolute atomic E-state index is 13.0. The number of hydrogen-bond acceptors (Lipinski definition) is 7. The number of amides is 1. The fourth-order valence-electron chi connectivity index (χ4n) is 4.35. The van der Waals surface area contributed by atoms with Gasteiger partial charge >= 0.3 is 0 Å². The van der Waals surface area contributed by atoms with Gasteiger partial charge in [0.15, 0.2) is 5.69 Å². The molecular weight excluding hydrogens is 484 g/mol. The number of para-hydroxylation sites is 2. The predicted octanol–water partition coefficient (Wildman–Crippen LogP) is 4.12. The van der Waals surface area contributed by atoms with E-state index in [9.17, 15) is 14.7 Å². The lowest BCUT2D eigenvalue weighted by Gasteiger charge is -2.28. The molecule has 2 aromatic carbocycles. The monoisotopic (exact) mass is 504 g/mol. The first-order valence-electron chi connectivity index (χ1n) is 11.0. The molecule has 0 spiro atoms. The molecule has 0 bridgehead atoms. The van der Waals surface area contributed by atoms with Crippen molar-refractivity contribution in [1.29, 1.82) is 0 Å². The second-order valence-electron chi connectivity index (χ2n) is 8.29. The molecule has 5 rings (SSSR count). The van der Waals surface area contributed by atoms with Crippen molar-refractivity contribution < 1.29 is 14.4 Å². The summed E-state index contributed by atoms with van der Waals surface area (Å²) in [5, 5.41) is 17.0. The molecule has 5 aromatic rings. The number of anilines is 1. The summed E-state index contributed by atoms with van der Waals surface area (Å²) in [7, 11) is 1.50. The third-order valence-electron chi connectivity index (χ3n) is 6.09. The highest BCUT2D eigenvalue weighted by atomic mass is 35.5. The summed E-state index contributed by atoms with van der Waals surface area (Å²) >= 11 is 6.63. The van der Waals surface area contributed by atoms with Crippen LogP contribution in [0, 0.1) is 0 Å². The lowest BCUT2D eigenvalue weighted by atomic mass is 9.92. The quantitative estimate of drug-likeness (QED) is 0.356. The van der Waals surface area contributed by atoms with E-state index in [2.05, 4.69) is 20.4 Å². The first-order valence-corrected chi connectivity index (χ1v) is 11.4. The lowest BCUT2D eigenvalue weighted by Crippen LogP contribution is -2.30. The summed E-state index contributed by atoms with van der Waals surface area (Å²) in [5.41, 5.74) is 1.54. The van der Waals surface area contributed by atoms with Gasteiger partial charge in [-0.1, -0.05) is 54.0 Å². The SMILES string of the molecule is CC(c1nc(C(=O)Nc2cnoc2)c(O)c(=O)n1C)C(c1ccccc1Cl)n1cnc2ccccc21. The number of aromatic nitrogens is 5. The van der Waals surface area contributed by atoms with Crippen LogP contribution in [-0.2, 0) is 7.05 Å². The Balaban J connectivity index is 1.67. The Labute approximate surface area is 209 Å². The van der Waals surface area contributed by atoms with E-state index in [4.69, 9.17) is 16.1 Å². The minimum absolute atomic E-state index is 0.260. The molecule has 1 amide bonds. The number of aromatic hydroxyl groups is 1. The molecule has 36 heavy (non-hydrogen) atoms. The molecule has 0 radical (unpaired) electrons. The third-order valence-corrected chi connectivity index (χ3v) is 6.44. The zero-order valence-electron chi connectivity index (χ0n) is 19.3. The van der Waals surface area contributed by atoms with E-state index < -0.39 is 34.9 Å². The van der Waals surface area contributed by atoms with Crippen molar-refractivity contribution in [3.63, 3.8) is 0 Å². The van der Waals surface area contributed by atoms with Crippen molar-refractivity contribution in [3.8, 4) is 5.75 Å². The van der Waals surface area contributed by atoms with Gasteiger partial charge in [0.2, 0.25) is 5.75 Å². The molecule has 0 aliphatic rings. The summed E-state index contributed by atoms with van der Waals surface area (Å²) in [6, 6.07) is 14.6. The van der Waals surface area contributed by atoms with E-state index in [0.29, 0.717) is 5.02 Å². The Morgan fingerprint density at radius 3 is 2.67 bits per heavy atom. The van der Waals surface area contributed by atoms with Crippen LogP contribution in [0.2, 0.25) is 5.02 Å². The van der Waals surface area contributed by atoms with Gasteiger partial charge in [0, 0.05) is 18.0 Å². The van der Waals surface area contributed by atoms with Crippen molar-refractivity contribution in [1.82, 2.24) is 24.3 Å². The largest absolute Gasteiger partial charge is 0.501 e. The first-order chi connectivity index (χ1) is 17.4. The number of halogens is 1. The highest BCUT2D eigenvalue weighted by Gasteiger charge is 2.31. The summed E-state index contributed by atoms with van der Waals surface area (Å²) in [6.07, 6.45) is 4.22. The van der Waals surface area contributed by atoms with Crippen LogP contribution in [-0.4, -0.2) is 35.3 Å². The number of rotatable bonds is 6. The van der Waals surface area contributed by atoms with Gasteiger partial charge in [-0.3, -0.25) is 14.2 Å². The molecule has 2 atom stereocenters. The molecule has 182 valence electrons. The van der Waals surface area contributed by atoms with Crippen LogP contribution in [0.5, 0.6) is 5.75 Å². The Hall–Kier alpha value is -4.44. The maximum atomic E-state index is 13.0. The van der Waals surface area contributed by atoms with Gasteiger partial charge in [0.05, 0.1) is 29.6 Å². The highest BCUT2D eigenvalue weighted by Crippen LogP contribution is 2.38. The van der Waals surface area contributed by atoms with E-state index in [1.807, 2.05) is 54.0 Å². The molecule has 2 unspecified atom stereocenters. The standard InChI is InChI=1S/C25H21ClN6O4/c1-14(23-30-20(22(33)25(35)31(23)2)24(34)29-15-11-28-36-12-15)21(16-7-3-4-8-17(16)26)32-13-27-18-9-5-6-10-19(18)32/h3-14,21,33H,1-2H3,(H,29,34). The number of imidazole rings is 1. The summed E-state index contributed by atoms with van der Waals surface area (Å²) in [6.45, 7) is 1.88. The van der Waals surface area contributed by atoms with E-state index in [-0.39, 0.29) is 11.5 Å². The number of carbonyl (C=O) groups is 1. The molecule has 3 aromatic heterocycles. The number of hydrogen-bond donors (Lipinski definition) is 2. The fraction of sp³-hybridized carbons (Fsp3) is 0.160. The average Bonchev–Trinajstić information content (AvgIpc) is 3.54.